The van der Waals surface area contributed by atoms with E-state index in [2.05, 4.69) is 16.8 Å². The monoisotopic (exact) mass is 299 g/mol. The first-order valence-corrected chi connectivity index (χ1v) is 8.90. The van der Waals surface area contributed by atoms with Crippen molar-refractivity contribution in [2.75, 3.05) is 19.6 Å². The van der Waals surface area contributed by atoms with Crippen LogP contribution in [0.1, 0.15) is 45.3 Å². The standard InChI is InChI=1S/C14H25N3O2S/c1-4-15-10-13-9-14(11-17(13)12-7-8-12)20(18,19)16(5-2)6-3/h9,11-12,15H,4-8,10H2,1-3H3. The van der Waals surface area contributed by atoms with Gasteiger partial charge in [-0.3, -0.25) is 0 Å². The highest BCUT2D eigenvalue weighted by Crippen LogP contribution is 2.37. The number of aromatic nitrogens is 1. The molecule has 0 spiro atoms. The van der Waals surface area contributed by atoms with E-state index in [0.717, 1.165) is 31.6 Å². The molecule has 0 amide bonds. The number of nitrogens with zero attached hydrogens (tertiary/aromatic N) is 2. The maximum atomic E-state index is 12.6. The Balaban J connectivity index is 2.32. The van der Waals surface area contributed by atoms with Gasteiger partial charge in [-0.1, -0.05) is 20.8 Å². The molecule has 5 nitrogen and oxygen atoms in total. The van der Waals surface area contributed by atoms with Gasteiger partial charge in [0, 0.05) is 37.6 Å². The predicted molar refractivity (Wildman–Crippen MR) is 80.2 cm³/mol. The third kappa shape index (κ3) is 3.07. The zero-order chi connectivity index (χ0) is 14.8. The maximum Gasteiger partial charge on any atom is 0.244 e. The Bertz CT molecular complexity index is 543. The molecule has 20 heavy (non-hydrogen) atoms. The predicted octanol–water partition coefficient (Wildman–Crippen LogP) is 1.96. The van der Waals surface area contributed by atoms with Crippen LogP contribution >= 0.6 is 0 Å². The van der Waals surface area contributed by atoms with Crippen LogP contribution in [0.4, 0.5) is 0 Å². The van der Waals surface area contributed by atoms with E-state index in [1.165, 1.54) is 4.31 Å². The summed E-state index contributed by atoms with van der Waals surface area (Å²) in [5, 5.41) is 3.28. The molecule has 1 aliphatic carbocycles. The second kappa shape index (κ2) is 6.28. The SMILES string of the molecule is CCNCc1cc(S(=O)(=O)N(CC)CC)cn1C1CC1. The fourth-order valence-electron chi connectivity index (χ4n) is 2.44. The zero-order valence-corrected chi connectivity index (χ0v) is 13.4. The first-order chi connectivity index (χ1) is 9.54. The smallest absolute Gasteiger partial charge is 0.244 e. The van der Waals surface area contributed by atoms with E-state index in [9.17, 15) is 8.42 Å². The van der Waals surface area contributed by atoms with Gasteiger partial charge in [0.25, 0.3) is 0 Å². The molecule has 114 valence electrons. The van der Waals surface area contributed by atoms with Gasteiger partial charge in [0.15, 0.2) is 0 Å². The molecular formula is C14H25N3O2S. The Kier molecular flexibility index (Phi) is 4.88. The number of rotatable bonds is 8. The molecule has 0 aliphatic heterocycles. The van der Waals surface area contributed by atoms with Gasteiger partial charge in [0.05, 0.1) is 0 Å². The van der Waals surface area contributed by atoms with Crippen LogP contribution in [0.5, 0.6) is 0 Å². The fraction of sp³-hybridized carbons (Fsp3) is 0.714. The molecule has 6 heteroatoms. The fourth-order valence-corrected chi connectivity index (χ4v) is 3.95. The zero-order valence-electron chi connectivity index (χ0n) is 12.6. The Hall–Kier alpha value is -0.850. The van der Waals surface area contributed by atoms with Gasteiger partial charge in [-0.25, -0.2) is 8.42 Å². The maximum absolute atomic E-state index is 12.6. The minimum absolute atomic E-state index is 0.431. The van der Waals surface area contributed by atoms with Crippen LogP contribution in [-0.4, -0.2) is 36.9 Å². The molecule has 0 unspecified atom stereocenters. The number of hydrogen-bond donors (Lipinski definition) is 1. The van der Waals surface area contributed by atoms with Crippen molar-refractivity contribution in [1.29, 1.82) is 0 Å². The molecule has 0 saturated heterocycles. The summed E-state index contributed by atoms with van der Waals surface area (Å²) in [5.41, 5.74) is 1.07. The largest absolute Gasteiger partial charge is 0.346 e. The molecule has 1 aromatic heterocycles. The minimum Gasteiger partial charge on any atom is -0.346 e. The van der Waals surface area contributed by atoms with E-state index in [-0.39, 0.29) is 0 Å². The van der Waals surface area contributed by atoms with Crippen molar-refractivity contribution >= 4 is 10.0 Å². The van der Waals surface area contributed by atoms with Gasteiger partial charge in [-0.2, -0.15) is 4.31 Å². The Morgan fingerprint density at radius 1 is 1.30 bits per heavy atom. The van der Waals surface area contributed by atoms with Gasteiger partial charge in [-0.15, -0.1) is 0 Å². The quantitative estimate of drug-likeness (QED) is 0.798. The van der Waals surface area contributed by atoms with Crippen LogP contribution in [0.15, 0.2) is 17.2 Å². The van der Waals surface area contributed by atoms with Crippen LogP contribution in [0, 0.1) is 0 Å². The van der Waals surface area contributed by atoms with Crippen molar-refractivity contribution in [3.63, 3.8) is 0 Å². The highest BCUT2D eigenvalue weighted by atomic mass is 32.2. The van der Waals surface area contributed by atoms with E-state index < -0.39 is 10.0 Å². The van der Waals surface area contributed by atoms with Crippen molar-refractivity contribution in [2.24, 2.45) is 0 Å². The van der Waals surface area contributed by atoms with Crippen molar-refractivity contribution in [3.8, 4) is 0 Å². The Morgan fingerprint density at radius 2 is 1.95 bits per heavy atom. The van der Waals surface area contributed by atoms with Gasteiger partial charge < -0.3 is 9.88 Å². The lowest BCUT2D eigenvalue weighted by molar-refractivity contribution is 0.445. The average molecular weight is 299 g/mol. The molecule has 1 saturated carbocycles. The topological polar surface area (TPSA) is 54.3 Å². The summed E-state index contributed by atoms with van der Waals surface area (Å²) in [6.07, 6.45) is 4.12. The van der Waals surface area contributed by atoms with Gasteiger partial charge in [0.2, 0.25) is 10.0 Å². The summed E-state index contributed by atoms with van der Waals surface area (Å²) in [6.45, 7) is 8.43. The average Bonchev–Trinajstić information content (AvgIpc) is 3.17. The molecule has 0 radical (unpaired) electrons. The number of nitrogens with one attached hydrogen (secondary N) is 1. The van der Waals surface area contributed by atoms with E-state index in [1.54, 1.807) is 0 Å². The lowest BCUT2D eigenvalue weighted by atomic mass is 10.4. The molecule has 1 aliphatic rings. The Labute approximate surface area is 122 Å². The van der Waals surface area contributed by atoms with E-state index in [4.69, 9.17) is 0 Å². The molecular weight excluding hydrogens is 274 g/mol. The third-order valence-electron chi connectivity index (χ3n) is 3.75. The lowest BCUT2D eigenvalue weighted by Crippen LogP contribution is -2.30. The van der Waals surface area contributed by atoms with E-state index in [0.29, 0.717) is 24.0 Å². The van der Waals surface area contributed by atoms with Gasteiger partial charge in [-0.05, 0) is 25.5 Å². The highest BCUT2D eigenvalue weighted by molar-refractivity contribution is 7.89. The summed E-state index contributed by atoms with van der Waals surface area (Å²) < 4.78 is 28.8. The van der Waals surface area contributed by atoms with Crippen LogP contribution in [0.3, 0.4) is 0 Å². The van der Waals surface area contributed by atoms with Crippen LogP contribution < -0.4 is 5.32 Å². The van der Waals surface area contributed by atoms with Crippen LogP contribution in [0.2, 0.25) is 0 Å². The molecule has 1 heterocycles. The lowest BCUT2D eigenvalue weighted by Gasteiger charge is -2.17. The first kappa shape index (κ1) is 15.5. The molecule has 1 aromatic rings. The molecule has 1 N–H and O–H groups in total. The molecule has 1 fully saturated rings. The molecule has 0 bridgehead atoms. The number of hydrogen-bond acceptors (Lipinski definition) is 3. The number of sulfonamides is 1. The second-order valence-electron chi connectivity index (χ2n) is 5.18. The van der Waals surface area contributed by atoms with E-state index >= 15 is 0 Å². The van der Waals surface area contributed by atoms with Crippen LogP contribution in [-0.2, 0) is 16.6 Å². The first-order valence-electron chi connectivity index (χ1n) is 7.46. The minimum atomic E-state index is -3.35. The molecule has 2 rings (SSSR count). The van der Waals surface area contributed by atoms with Crippen LogP contribution in [0.25, 0.3) is 0 Å². The Morgan fingerprint density at radius 3 is 2.45 bits per heavy atom. The van der Waals surface area contributed by atoms with Crippen molar-refractivity contribution in [1.82, 2.24) is 14.2 Å². The summed E-state index contributed by atoms with van der Waals surface area (Å²) in [5.74, 6) is 0. The normalized spacial score (nSPS) is 16.0. The molecule has 0 atom stereocenters. The summed E-state index contributed by atoms with van der Waals surface area (Å²) in [4.78, 5) is 0.431. The van der Waals surface area contributed by atoms with E-state index in [1.807, 2.05) is 26.1 Å². The highest BCUT2D eigenvalue weighted by Gasteiger charge is 2.29. The van der Waals surface area contributed by atoms with Crippen molar-refractivity contribution in [3.05, 3.63) is 18.0 Å². The molecule has 0 aromatic carbocycles. The van der Waals surface area contributed by atoms with Crippen molar-refractivity contribution in [2.45, 2.75) is 51.1 Å². The third-order valence-corrected chi connectivity index (χ3v) is 5.76. The summed E-state index contributed by atoms with van der Waals surface area (Å²) in [7, 11) is -3.35. The van der Waals surface area contributed by atoms with Gasteiger partial charge >= 0.3 is 0 Å². The van der Waals surface area contributed by atoms with Crippen molar-refractivity contribution < 1.29 is 8.42 Å². The van der Waals surface area contributed by atoms with Gasteiger partial charge in [0.1, 0.15) is 4.90 Å². The second-order valence-corrected chi connectivity index (χ2v) is 7.11. The summed E-state index contributed by atoms with van der Waals surface area (Å²) >= 11 is 0. The summed E-state index contributed by atoms with van der Waals surface area (Å²) in [6, 6.07) is 2.32.